The summed E-state index contributed by atoms with van der Waals surface area (Å²) in [7, 11) is 0. The summed E-state index contributed by atoms with van der Waals surface area (Å²) < 4.78 is 5.49. The molecule has 128 valence electrons. The van der Waals surface area contributed by atoms with Crippen molar-refractivity contribution in [1.29, 1.82) is 0 Å². The molecular formula is C18H24N4O2. The van der Waals surface area contributed by atoms with E-state index in [2.05, 4.69) is 22.4 Å². The second-order valence-electron chi connectivity index (χ2n) is 6.38. The van der Waals surface area contributed by atoms with Crippen molar-refractivity contribution in [2.75, 3.05) is 6.54 Å². The average molecular weight is 328 g/mol. The van der Waals surface area contributed by atoms with Gasteiger partial charge >= 0.3 is 6.03 Å². The summed E-state index contributed by atoms with van der Waals surface area (Å²) in [6.07, 6.45) is 2.70. The lowest BCUT2D eigenvalue weighted by molar-refractivity contribution is 0.177. The Morgan fingerprint density at radius 2 is 2.25 bits per heavy atom. The van der Waals surface area contributed by atoms with Crippen molar-refractivity contribution in [3.63, 3.8) is 0 Å². The molecule has 2 heterocycles. The van der Waals surface area contributed by atoms with Crippen LogP contribution >= 0.6 is 0 Å². The number of nitrogens with one attached hydrogen (secondary N) is 1. The standard InChI is InChI=1S/C18H24N4O2/c1-4-13(3)19-18(23)22-11-7-10-15(22)17-20-16(21-24-17)14-9-6-5-8-12(14)2/h5-6,8-9,13,15H,4,7,10-11H2,1-3H3,(H,19,23)/t13-,15-/m1/s1. The van der Waals surface area contributed by atoms with Crippen LogP contribution in [0.15, 0.2) is 28.8 Å². The summed E-state index contributed by atoms with van der Waals surface area (Å²) in [5.41, 5.74) is 2.06. The number of carbonyl (C=O) groups excluding carboxylic acids is 1. The number of amides is 2. The van der Waals surface area contributed by atoms with Gasteiger partial charge in [0.25, 0.3) is 0 Å². The molecule has 2 aromatic rings. The highest BCUT2D eigenvalue weighted by Crippen LogP contribution is 2.32. The van der Waals surface area contributed by atoms with Crippen LogP contribution in [0.4, 0.5) is 4.79 Å². The molecule has 6 nitrogen and oxygen atoms in total. The Hall–Kier alpha value is -2.37. The number of aromatic nitrogens is 2. The van der Waals surface area contributed by atoms with Crippen LogP contribution < -0.4 is 5.32 Å². The van der Waals surface area contributed by atoms with Gasteiger partial charge in [0.1, 0.15) is 6.04 Å². The Balaban J connectivity index is 1.79. The van der Waals surface area contributed by atoms with E-state index in [9.17, 15) is 4.79 Å². The summed E-state index contributed by atoms with van der Waals surface area (Å²) in [6.45, 7) is 6.80. The molecule has 1 aromatic heterocycles. The van der Waals surface area contributed by atoms with Crippen LogP contribution in [-0.4, -0.2) is 33.7 Å². The molecule has 2 amide bonds. The predicted molar refractivity (Wildman–Crippen MR) is 91.4 cm³/mol. The second-order valence-corrected chi connectivity index (χ2v) is 6.38. The molecule has 1 fully saturated rings. The van der Waals surface area contributed by atoms with Gasteiger partial charge in [-0.1, -0.05) is 36.3 Å². The molecule has 0 saturated carbocycles. The summed E-state index contributed by atoms with van der Waals surface area (Å²) >= 11 is 0. The van der Waals surface area contributed by atoms with E-state index in [4.69, 9.17) is 4.52 Å². The third-order valence-electron chi connectivity index (χ3n) is 4.61. The molecule has 0 unspecified atom stereocenters. The van der Waals surface area contributed by atoms with Gasteiger partial charge < -0.3 is 14.7 Å². The lowest BCUT2D eigenvalue weighted by atomic mass is 10.1. The Morgan fingerprint density at radius 3 is 3.00 bits per heavy atom. The number of benzene rings is 1. The number of rotatable bonds is 4. The van der Waals surface area contributed by atoms with Crippen molar-refractivity contribution >= 4 is 6.03 Å². The molecule has 0 spiro atoms. The van der Waals surface area contributed by atoms with Gasteiger partial charge in [0.05, 0.1) is 0 Å². The first-order valence-corrected chi connectivity index (χ1v) is 8.57. The van der Waals surface area contributed by atoms with Gasteiger partial charge in [-0.05, 0) is 38.7 Å². The van der Waals surface area contributed by atoms with Crippen molar-refractivity contribution in [3.8, 4) is 11.4 Å². The number of nitrogens with zero attached hydrogens (tertiary/aromatic N) is 3. The number of aryl methyl sites for hydroxylation is 1. The Labute approximate surface area is 142 Å². The van der Waals surface area contributed by atoms with Gasteiger partial charge in [0.15, 0.2) is 0 Å². The van der Waals surface area contributed by atoms with Gasteiger partial charge in [0.2, 0.25) is 11.7 Å². The minimum absolute atomic E-state index is 0.0532. The molecule has 2 atom stereocenters. The third-order valence-corrected chi connectivity index (χ3v) is 4.61. The van der Waals surface area contributed by atoms with E-state index in [0.29, 0.717) is 11.7 Å². The molecular weight excluding hydrogens is 304 g/mol. The quantitative estimate of drug-likeness (QED) is 0.929. The number of carbonyl (C=O) groups is 1. The Bertz CT molecular complexity index is 713. The minimum atomic E-state index is -0.140. The van der Waals surface area contributed by atoms with E-state index in [0.717, 1.165) is 36.9 Å². The maximum atomic E-state index is 12.5. The highest BCUT2D eigenvalue weighted by Gasteiger charge is 2.34. The van der Waals surface area contributed by atoms with Gasteiger partial charge in [0, 0.05) is 18.2 Å². The fourth-order valence-electron chi connectivity index (χ4n) is 2.97. The fraction of sp³-hybridized carbons (Fsp3) is 0.500. The number of likely N-dealkylation sites (tertiary alicyclic amines) is 1. The molecule has 1 saturated heterocycles. The molecule has 0 aliphatic carbocycles. The smallest absolute Gasteiger partial charge is 0.318 e. The van der Waals surface area contributed by atoms with E-state index >= 15 is 0 Å². The largest absolute Gasteiger partial charge is 0.337 e. The lowest BCUT2D eigenvalue weighted by Crippen LogP contribution is -2.43. The fourth-order valence-corrected chi connectivity index (χ4v) is 2.97. The summed E-state index contributed by atoms with van der Waals surface area (Å²) in [5, 5.41) is 7.13. The van der Waals surface area contributed by atoms with Crippen LogP contribution in [0, 0.1) is 6.92 Å². The van der Waals surface area contributed by atoms with Crippen LogP contribution in [0.2, 0.25) is 0 Å². The Kier molecular flexibility index (Phi) is 4.83. The van der Waals surface area contributed by atoms with E-state index < -0.39 is 0 Å². The van der Waals surface area contributed by atoms with Crippen molar-refractivity contribution in [2.45, 2.75) is 52.1 Å². The molecule has 0 radical (unpaired) electrons. The van der Waals surface area contributed by atoms with Crippen molar-refractivity contribution < 1.29 is 9.32 Å². The molecule has 0 bridgehead atoms. The van der Waals surface area contributed by atoms with E-state index in [1.807, 2.05) is 38.1 Å². The first-order valence-electron chi connectivity index (χ1n) is 8.57. The summed E-state index contributed by atoms with van der Waals surface area (Å²) in [5.74, 6) is 1.10. The number of hydrogen-bond donors (Lipinski definition) is 1. The molecule has 1 aliphatic heterocycles. The van der Waals surface area contributed by atoms with Crippen LogP contribution in [0.25, 0.3) is 11.4 Å². The SMILES string of the molecule is CC[C@@H](C)NC(=O)N1CCC[C@@H]1c1nc(-c2ccccc2C)no1. The topological polar surface area (TPSA) is 71.3 Å². The van der Waals surface area contributed by atoms with E-state index in [1.54, 1.807) is 4.90 Å². The minimum Gasteiger partial charge on any atom is -0.337 e. The van der Waals surface area contributed by atoms with Gasteiger partial charge in [-0.25, -0.2) is 4.79 Å². The van der Waals surface area contributed by atoms with Crippen LogP contribution in [0.5, 0.6) is 0 Å². The summed E-state index contributed by atoms with van der Waals surface area (Å²) in [6, 6.07) is 7.90. The van der Waals surface area contributed by atoms with Crippen molar-refractivity contribution in [3.05, 3.63) is 35.7 Å². The first kappa shape index (κ1) is 16.5. The lowest BCUT2D eigenvalue weighted by Gasteiger charge is -2.24. The molecule has 3 rings (SSSR count). The van der Waals surface area contributed by atoms with Gasteiger partial charge in [-0.15, -0.1) is 0 Å². The van der Waals surface area contributed by atoms with Crippen LogP contribution in [0.3, 0.4) is 0 Å². The van der Waals surface area contributed by atoms with Crippen LogP contribution in [0.1, 0.15) is 50.6 Å². The number of hydrogen-bond acceptors (Lipinski definition) is 4. The normalized spacial score (nSPS) is 18.6. The van der Waals surface area contributed by atoms with Crippen molar-refractivity contribution in [1.82, 2.24) is 20.4 Å². The zero-order chi connectivity index (χ0) is 17.1. The first-order chi connectivity index (χ1) is 11.6. The third kappa shape index (κ3) is 3.27. The van der Waals surface area contributed by atoms with Gasteiger partial charge in [-0.3, -0.25) is 0 Å². The highest BCUT2D eigenvalue weighted by atomic mass is 16.5. The van der Waals surface area contributed by atoms with Crippen LogP contribution in [-0.2, 0) is 0 Å². The number of urea groups is 1. The Morgan fingerprint density at radius 1 is 1.46 bits per heavy atom. The highest BCUT2D eigenvalue weighted by molar-refractivity contribution is 5.75. The summed E-state index contributed by atoms with van der Waals surface area (Å²) in [4.78, 5) is 18.8. The van der Waals surface area contributed by atoms with E-state index in [1.165, 1.54) is 0 Å². The zero-order valence-electron chi connectivity index (χ0n) is 14.5. The van der Waals surface area contributed by atoms with Gasteiger partial charge in [-0.2, -0.15) is 4.98 Å². The molecule has 1 N–H and O–H groups in total. The molecule has 1 aromatic carbocycles. The predicted octanol–water partition coefficient (Wildman–Crippen LogP) is 3.69. The second kappa shape index (κ2) is 7.03. The molecule has 1 aliphatic rings. The maximum absolute atomic E-state index is 12.5. The zero-order valence-corrected chi connectivity index (χ0v) is 14.5. The molecule has 6 heteroatoms. The van der Waals surface area contributed by atoms with Crippen molar-refractivity contribution in [2.24, 2.45) is 0 Å². The monoisotopic (exact) mass is 328 g/mol. The van der Waals surface area contributed by atoms with E-state index in [-0.39, 0.29) is 18.1 Å². The maximum Gasteiger partial charge on any atom is 0.318 e. The molecule has 24 heavy (non-hydrogen) atoms. The average Bonchev–Trinajstić information content (AvgIpc) is 3.24.